The molecule has 1 unspecified atom stereocenters. The number of Topliss-reactive ketones (excluding diaryl/α,β-unsaturated/α-hetero) is 1. The molecule has 5 rings (SSSR count). The van der Waals surface area contributed by atoms with E-state index in [4.69, 9.17) is 9.47 Å². The monoisotopic (exact) mass is 519 g/mol. The fourth-order valence-corrected chi connectivity index (χ4v) is 4.79. The summed E-state index contributed by atoms with van der Waals surface area (Å²) in [6.45, 7) is 4.63. The van der Waals surface area contributed by atoms with Gasteiger partial charge < -0.3 is 14.6 Å². The second-order valence-corrected chi connectivity index (χ2v) is 9.26. The first-order chi connectivity index (χ1) is 19.0. The topological polar surface area (TPSA) is 76.1 Å². The van der Waals surface area contributed by atoms with Gasteiger partial charge in [0.1, 0.15) is 23.9 Å². The standard InChI is InChI=1S/C33H29NO5/c1-3-38-27-16-10-15-26(20-27)34-30(24-13-8-5-9-14-24)29(32(36)33(34)37)31(35)25-17-18-28(22(2)19-25)39-21-23-11-6-4-7-12-23/h4-20,30,35H,3,21H2,1-2H3/b31-29+. The van der Waals surface area contributed by atoms with Gasteiger partial charge in [-0.05, 0) is 60.9 Å². The predicted molar refractivity (Wildman–Crippen MR) is 151 cm³/mol. The van der Waals surface area contributed by atoms with Crippen LogP contribution < -0.4 is 14.4 Å². The van der Waals surface area contributed by atoms with E-state index in [1.165, 1.54) is 4.90 Å². The smallest absolute Gasteiger partial charge is 0.300 e. The average Bonchev–Trinajstić information content (AvgIpc) is 3.23. The minimum Gasteiger partial charge on any atom is -0.507 e. The lowest BCUT2D eigenvalue weighted by Gasteiger charge is -2.25. The van der Waals surface area contributed by atoms with Crippen molar-refractivity contribution in [3.8, 4) is 11.5 Å². The lowest BCUT2D eigenvalue weighted by atomic mass is 9.94. The maximum absolute atomic E-state index is 13.4. The van der Waals surface area contributed by atoms with E-state index in [1.54, 1.807) is 42.5 Å². The summed E-state index contributed by atoms with van der Waals surface area (Å²) < 4.78 is 11.6. The number of carbonyl (C=O) groups is 2. The van der Waals surface area contributed by atoms with Crippen molar-refractivity contribution in [1.82, 2.24) is 0 Å². The predicted octanol–water partition coefficient (Wildman–Crippen LogP) is 6.60. The molecule has 1 atom stereocenters. The van der Waals surface area contributed by atoms with Crippen LogP contribution in [0.5, 0.6) is 11.5 Å². The highest BCUT2D eigenvalue weighted by Crippen LogP contribution is 2.43. The Morgan fingerprint density at radius 1 is 0.846 bits per heavy atom. The quantitative estimate of drug-likeness (QED) is 0.161. The Morgan fingerprint density at radius 2 is 1.56 bits per heavy atom. The van der Waals surface area contributed by atoms with E-state index in [-0.39, 0.29) is 11.3 Å². The zero-order valence-corrected chi connectivity index (χ0v) is 21.8. The molecule has 39 heavy (non-hydrogen) atoms. The van der Waals surface area contributed by atoms with Crippen LogP contribution in [0.4, 0.5) is 5.69 Å². The number of hydrogen-bond acceptors (Lipinski definition) is 5. The van der Waals surface area contributed by atoms with Crippen LogP contribution in [0.15, 0.2) is 109 Å². The number of ketones is 1. The third-order valence-corrected chi connectivity index (χ3v) is 6.65. The molecule has 0 aliphatic carbocycles. The first-order valence-corrected chi connectivity index (χ1v) is 12.8. The summed E-state index contributed by atoms with van der Waals surface area (Å²) in [6.07, 6.45) is 0. The van der Waals surface area contributed by atoms with Gasteiger partial charge in [0.05, 0.1) is 18.2 Å². The molecule has 0 spiro atoms. The number of benzene rings is 4. The summed E-state index contributed by atoms with van der Waals surface area (Å²) in [7, 11) is 0. The SMILES string of the molecule is CCOc1cccc(N2C(=O)C(=O)/C(=C(/O)c3ccc(OCc4ccccc4)c(C)c3)C2c2ccccc2)c1. The van der Waals surface area contributed by atoms with E-state index in [2.05, 4.69) is 0 Å². The molecule has 1 aliphatic heterocycles. The molecule has 0 bridgehead atoms. The largest absolute Gasteiger partial charge is 0.507 e. The Kier molecular flexibility index (Phi) is 7.46. The Balaban J connectivity index is 1.54. The van der Waals surface area contributed by atoms with Crippen molar-refractivity contribution in [3.05, 3.63) is 131 Å². The van der Waals surface area contributed by atoms with Gasteiger partial charge in [-0.15, -0.1) is 0 Å². The Morgan fingerprint density at radius 3 is 2.26 bits per heavy atom. The maximum Gasteiger partial charge on any atom is 0.300 e. The van der Waals surface area contributed by atoms with Crippen molar-refractivity contribution in [2.45, 2.75) is 26.5 Å². The number of hydrogen-bond donors (Lipinski definition) is 1. The van der Waals surface area contributed by atoms with E-state index in [1.807, 2.05) is 74.5 Å². The minimum absolute atomic E-state index is 0.0327. The van der Waals surface area contributed by atoms with Gasteiger partial charge in [-0.25, -0.2) is 0 Å². The molecular formula is C33H29NO5. The van der Waals surface area contributed by atoms with Crippen LogP contribution in [0, 0.1) is 6.92 Å². The second-order valence-electron chi connectivity index (χ2n) is 9.26. The Labute approximate surface area is 227 Å². The number of rotatable bonds is 8. The first kappa shape index (κ1) is 25.8. The molecule has 1 saturated heterocycles. The van der Waals surface area contributed by atoms with E-state index in [0.29, 0.717) is 41.5 Å². The summed E-state index contributed by atoms with van der Waals surface area (Å²) in [4.78, 5) is 28.3. The third kappa shape index (κ3) is 5.27. The summed E-state index contributed by atoms with van der Waals surface area (Å²) in [5.74, 6) is -0.430. The van der Waals surface area contributed by atoms with Crippen LogP contribution in [0.2, 0.25) is 0 Å². The maximum atomic E-state index is 13.4. The number of aliphatic hydroxyl groups excluding tert-OH is 1. The van der Waals surface area contributed by atoms with Crippen LogP contribution in [-0.2, 0) is 16.2 Å². The Hall–Kier alpha value is -4.84. The van der Waals surface area contributed by atoms with Crippen molar-refractivity contribution < 1.29 is 24.2 Å². The number of aryl methyl sites for hydroxylation is 1. The van der Waals surface area contributed by atoms with Crippen LogP contribution in [0.25, 0.3) is 5.76 Å². The van der Waals surface area contributed by atoms with E-state index in [9.17, 15) is 14.7 Å². The molecule has 0 saturated carbocycles. The van der Waals surface area contributed by atoms with Gasteiger partial charge in [0.25, 0.3) is 11.7 Å². The summed E-state index contributed by atoms with van der Waals surface area (Å²) in [6, 6.07) is 30.6. The highest BCUT2D eigenvalue weighted by atomic mass is 16.5. The van der Waals surface area contributed by atoms with Gasteiger partial charge in [0, 0.05) is 17.3 Å². The molecule has 4 aromatic carbocycles. The van der Waals surface area contributed by atoms with Gasteiger partial charge >= 0.3 is 0 Å². The van der Waals surface area contributed by atoms with Gasteiger partial charge in [-0.3, -0.25) is 14.5 Å². The molecule has 0 radical (unpaired) electrons. The van der Waals surface area contributed by atoms with Crippen LogP contribution in [0.3, 0.4) is 0 Å². The normalized spacial score (nSPS) is 16.4. The molecule has 6 nitrogen and oxygen atoms in total. The second kappa shape index (κ2) is 11.3. The molecule has 1 aliphatic rings. The van der Waals surface area contributed by atoms with Gasteiger partial charge in [0.15, 0.2) is 0 Å². The molecule has 6 heteroatoms. The fraction of sp³-hybridized carbons (Fsp3) is 0.152. The van der Waals surface area contributed by atoms with Crippen LogP contribution in [0.1, 0.15) is 35.2 Å². The van der Waals surface area contributed by atoms with Crippen LogP contribution in [-0.4, -0.2) is 23.4 Å². The molecule has 4 aromatic rings. The molecule has 1 amide bonds. The highest BCUT2D eigenvalue weighted by molar-refractivity contribution is 6.51. The third-order valence-electron chi connectivity index (χ3n) is 6.65. The molecule has 0 aromatic heterocycles. The zero-order chi connectivity index (χ0) is 27.4. The molecule has 1 N–H and O–H groups in total. The van der Waals surface area contributed by atoms with Gasteiger partial charge in [0.2, 0.25) is 0 Å². The van der Waals surface area contributed by atoms with E-state index < -0.39 is 17.7 Å². The Bertz CT molecular complexity index is 1530. The van der Waals surface area contributed by atoms with Crippen molar-refractivity contribution in [3.63, 3.8) is 0 Å². The zero-order valence-electron chi connectivity index (χ0n) is 21.8. The number of aliphatic hydroxyl groups is 1. The van der Waals surface area contributed by atoms with Crippen LogP contribution >= 0.6 is 0 Å². The minimum atomic E-state index is -0.808. The summed E-state index contributed by atoms with van der Waals surface area (Å²) >= 11 is 0. The number of amides is 1. The fourth-order valence-electron chi connectivity index (χ4n) is 4.79. The number of carbonyl (C=O) groups excluding carboxylic acids is 2. The van der Waals surface area contributed by atoms with Gasteiger partial charge in [-0.2, -0.15) is 0 Å². The van der Waals surface area contributed by atoms with Crippen molar-refractivity contribution in [2.24, 2.45) is 0 Å². The van der Waals surface area contributed by atoms with E-state index in [0.717, 1.165) is 11.1 Å². The van der Waals surface area contributed by atoms with Crippen molar-refractivity contribution in [1.29, 1.82) is 0 Å². The number of anilines is 1. The number of ether oxygens (including phenoxy) is 2. The van der Waals surface area contributed by atoms with E-state index >= 15 is 0 Å². The highest BCUT2D eigenvalue weighted by Gasteiger charge is 2.47. The number of nitrogens with zero attached hydrogens (tertiary/aromatic N) is 1. The average molecular weight is 520 g/mol. The van der Waals surface area contributed by atoms with Crippen molar-refractivity contribution >= 4 is 23.1 Å². The molecule has 1 heterocycles. The van der Waals surface area contributed by atoms with Crippen molar-refractivity contribution in [2.75, 3.05) is 11.5 Å². The lowest BCUT2D eigenvalue weighted by Crippen LogP contribution is -2.29. The molecule has 1 fully saturated rings. The molecular weight excluding hydrogens is 490 g/mol. The lowest BCUT2D eigenvalue weighted by molar-refractivity contribution is -0.132. The summed E-state index contributed by atoms with van der Waals surface area (Å²) in [5, 5.41) is 11.5. The first-order valence-electron chi connectivity index (χ1n) is 12.8. The molecule has 196 valence electrons. The van der Waals surface area contributed by atoms with Gasteiger partial charge in [-0.1, -0.05) is 66.7 Å². The summed E-state index contributed by atoms with van der Waals surface area (Å²) in [5.41, 5.74) is 3.52.